The van der Waals surface area contributed by atoms with Crippen molar-refractivity contribution in [3.05, 3.63) is 45.8 Å². The van der Waals surface area contributed by atoms with Crippen molar-refractivity contribution in [1.29, 1.82) is 0 Å². The molecule has 0 aliphatic heterocycles. The summed E-state index contributed by atoms with van der Waals surface area (Å²) in [4.78, 5) is 19.4. The standard InChI is InChI=1S/C17H21ClN6O3S/c1-17(2,3)24-14-13(10-20-24)15(25)23-16(22-14)19-7-8-21-28(26,27)12-6-4-5-11(18)9-12/h4-6,9-10,21H,7-8H2,1-3H3,(H2,19,22,23,25). The van der Waals surface area contributed by atoms with Gasteiger partial charge in [-0.25, -0.2) is 17.8 Å². The Kier molecular flexibility index (Phi) is 5.46. The SMILES string of the molecule is CC(C)(C)n1ncc2c(=O)[nH]c(NCCNS(=O)(=O)c3cccc(Cl)c3)nc21. The van der Waals surface area contributed by atoms with Crippen LogP contribution in [0.25, 0.3) is 11.0 Å². The minimum atomic E-state index is -3.68. The minimum Gasteiger partial charge on any atom is -0.354 e. The summed E-state index contributed by atoms with van der Waals surface area (Å²) in [5.41, 5.74) is -0.201. The molecular formula is C17H21ClN6O3S. The Morgan fingerprint density at radius 2 is 2.00 bits per heavy atom. The number of hydrogen-bond donors (Lipinski definition) is 3. The van der Waals surface area contributed by atoms with Crippen LogP contribution in [0.15, 0.2) is 40.2 Å². The molecule has 0 bridgehead atoms. The van der Waals surface area contributed by atoms with Gasteiger partial charge in [-0.2, -0.15) is 10.1 Å². The van der Waals surface area contributed by atoms with Gasteiger partial charge in [-0.15, -0.1) is 0 Å². The zero-order chi connectivity index (χ0) is 20.5. The van der Waals surface area contributed by atoms with Crippen molar-refractivity contribution in [2.75, 3.05) is 18.4 Å². The lowest BCUT2D eigenvalue weighted by molar-refractivity contribution is 0.366. The van der Waals surface area contributed by atoms with Crippen LogP contribution in [0.5, 0.6) is 0 Å². The van der Waals surface area contributed by atoms with Crippen LogP contribution in [-0.4, -0.2) is 41.3 Å². The van der Waals surface area contributed by atoms with Crippen molar-refractivity contribution in [2.45, 2.75) is 31.2 Å². The van der Waals surface area contributed by atoms with Crippen LogP contribution in [0.3, 0.4) is 0 Å². The quantitative estimate of drug-likeness (QED) is 0.519. The monoisotopic (exact) mass is 424 g/mol. The summed E-state index contributed by atoms with van der Waals surface area (Å²) < 4.78 is 28.7. The first-order valence-corrected chi connectivity index (χ1v) is 10.4. The molecule has 3 aromatic rings. The third kappa shape index (κ3) is 4.34. The number of benzene rings is 1. The van der Waals surface area contributed by atoms with E-state index in [1.807, 2.05) is 20.8 Å². The van der Waals surface area contributed by atoms with Gasteiger partial charge in [0.05, 0.1) is 16.6 Å². The molecule has 2 aromatic heterocycles. The van der Waals surface area contributed by atoms with Crippen LogP contribution in [0.2, 0.25) is 5.02 Å². The summed E-state index contributed by atoms with van der Waals surface area (Å²) in [6.45, 7) is 6.19. The van der Waals surface area contributed by atoms with Crippen molar-refractivity contribution in [3.63, 3.8) is 0 Å². The molecule has 0 saturated carbocycles. The van der Waals surface area contributed by atoms with Crippen molar-refractivity contribution >= 4 is 38.6 Å². The second-order valence-electron chi connectivity index (χ2n) is 7.16. The fourth-order valence-electron chi connectivity index (χ4n) is 2.58. The fourth-order valence-corrected chi connectivity index (χ4v) is 3.91. The van der Waals surface area contributed by atoms with Crippen LogP contribution in [0, 0.1) is 0 Å². The first kappa shape index (κ1) is 20.3. The van der Waals surface area contributed by atoms with Crippen molar-refractivity contribution in [3.8, 4) is 0 Å². The smallest absolute Gasteiger partial charge is 0.263 e. The van der Waals surface area contributed by atoms with Gasteiger partial charge >= 0.3 is 0 Å². The second-order valence-corrected chi connectivity index (χ2v) is 9.36. The predicted molar refractivity (Wildman–Crippen MR) is 108 cm³/mol. The number of H-pyrrole nitrogens is 1. The van der Waals surface area contributed by atoms with Gasteiger partial charge < -0.3 is 5.32 Å². The summed E-state index contributed by atoms with van der Waals surface area (Å²) in [5, 5.41) is 7.89. The van der Waals surface area contributed by atoms with E-state index in [4.69, 9.17) is 11.6 Å². The Bertz CT molecular complexity index is 1160. The summed E-state index contributed by atoms with van der Waals surface area (Å²) in [5.74, 6) is 0.241. The minimum absolute atomic E-state index is 0.0852. The highest BCUT2D eigenvalue weighted by Gasteiger charge is 2.20. The van der Waals surface area contributed by atoms with Gasteiger partial charge in [0.1, 0.15) is 5.39 Å². The van der Waals surface area contributed by atoms with Crippen LogP contribution in [-0.2, 0) is 15.6 Å². The molecule has 3 rings (SSSR count). The Hall–Kier alpha value is -2.43. The third-order valence-corrected chi connectivity index (χ3v) is 5.58. The third-order valence-electron chi connectivity index (χ3n) is 3.89. The highest BCUT2D eigenvalue weighted by atomic mass is 35.5. The number of rotatable bonds is 6. The maximum atomic E-state index is 12.3. The van der Waals surface area contributed by atoms with E-state index in [0.29, 0.717) is 16.1 Å². The molecule has 0 fully saturated rings. The first-order chi connectivity index (χ1) is 13.1. The van der Waals surface area contributed by atoms with Gasteiger partial charge in [-0.05, 0) is 39.0 Å². The summed E-state index contributed by atoms with van der Waals surface area (Å²) in [7, 11) is -3.68. The molecule has 28 heavy (non-hydrogen) atoms. The van der Waals surface area contributed by atoms with Gasteiger partial charge in [0.15, 0.2) is 5.65 Å². The molecule has 0 aliphatic carbocycles. The number of halogens is 1. The van der Waals surface area contributed by atoms with Crippen LogP contribution >= 0.6 is 11.6 Å². The average Bonchev–Trinajstić information content (AvgIpc) is 3.04. The number of hydrogen-bond acceptors (Lipinski definition) is 6. The molecule has 0 saturated heterocycles. The molecule has 150 valence electrons. The van der Waals surface area contributed by atoms with Gasteiger partial charge in [0, 0.05) is 18.1 Å². The number of fused-ring (bicyclic) bond motifs is 1. The largest absolute Gasteiger partial charge is 0.354 e. The predicted octanol–water partition coefficient (Wildman–Crippen LogP) is 1.92. The van der Waals surface area contributed by atoms with E-state index in [0.717, 1.165) is 0 Å². The van der Waals surface area contributed by atoms with E-state index in [9.17, 15) is 13.2 Å². The number of nitrogens with one attached hydrogen (secondary N) is 3. The van der Waals surface area contributed by atoms with E-state index >= 15 is 0 Å². The van der Waals surface area contributed by atoms with Crippen molar-refractivity contribution < 1.29 is 8.42 Å². The number of sulfonamides is 1. The molecular weight excluding hydrogens is 404 g/mol. The number of nitrogens with zero attached hydrogens (tertiary/aromatic N) is 3. The van der Waals surface area contributed by atoms with E-state index in [1.165, 1.54) is 18.3 Å². The Morgan fingerprint density at radius 3 is 2.68 bits per heavy atom. The summed E-state index contributed by atoms with van der Waals surface area (Å²) in [6, 6.07) is 6.00. The number of anilines is 1. The Balaban J connectivity index is 1.70. The zero-order valence-corrected chi connectivity index (χ0v) is 17.2. The van der Waals surface area contributed by atoms with Crippen molar-refractivity contribution in [1.82, 2.24) is 24.5 Å². The average molecular weight is 425 g/mol. The Labute approximate surface area is 167 Å². The first-order valence-electron chi connectivity index (χ1n) is 8.55. The van der Waals surface area contributed by atoms with E-state index < -0.39 is 10.0 Å². The van der Waals surface area contributed by atoms with E-state index in [1.54, 1.807) is 16.8 Å². The molecule has 0 aliphatic rings. The molecule has 1 aromatic carbocycles. The highest BCUT2D eigenvalue weighted by Crippen LogP contribution is 2.18. The molecule has 0 amide bonds. The topological polar surface area (TPSA) is 122 Å². The lowest BCUT2D eigenvalue weighted by Gasteiger charge is -2.19. The van der Waals surface area contributed by atoms with Gasteiger partial charge in [-0.3, -0.25) is 9.78 Å². The molecule has 11 heteroatoms. The van der Waals surface area contributed by atoms with Gasteiger partial charge in [-0.1, -0.05) is 17.7 Å². The van der Waals surface area contributed by atoms with E-state index in [2.05, 4.69) is 25.1 Å². The highest BCUT2D eigenvalue weighted by molar-refractivity contribution is 7.89. The van der Waals surface area contributed by atoms with Gasteiger partial charge in [0.25, 0.3) is 5.56 Å². The molecule has 2 heterocycles. The molecule has 3 N–H and O–H groups in total. The van der Waals surface area contributed by atoms with Gasteiger partial charge in [0.2, 0.25) is 16.0 Å². The number of aromatic nitrogens is 4. The van der Waals surface area contributed by atoms with Crippen LogP contribution < -0.4 is 15.6 Å². The second kappa shape index (κ2) is 7.53. The lowest BCUT2D eigenvalue weighted by Crippen LogP contribution is -2.29. The molecule has 0 spiro atoms. The summed E-state index contributed by atoms with van der Waals surface area (Å²) >= 11 is 5.84. The zero-order valence-electron chi connectivity index (χ0n) is 15.7. The maximum absolute atomic E-state index is 12.3. The van der Waals surface area contributed by atoms with E-state index in [-0.39, 0.29) is 35.0 Å². The normalized spacial score (nSPS) is 12.4. The molecule has 0 radical (unpaired) electrons. The Morgan fingerprint density at radius 1 is 1.25 bits per heavy atom. The lowest BCUT2D eigenvalue weighted by atomic mass is 10.1. The molecule has 0 unspecified atom stereocenters. The number of aromatic amines is 1. The summed E-state index contributed by atoms with van der Waals surface area (Å²) in [6.07, 6.45) is 1.48. The molecule has 9 nitrogen and oxygen atoms in total. The van der Waals surface area contributed by atoms with Crippen LogP contribution in [0.1, 0.15) is 20.8 Å². The van der Waals surface area contributed by atoms with Crippen molar-refractivity contribution in [2.24, 2.45) is 0 Å². The molecule has 0 atom stereocenters. The fraction of sp³-hybridized carbons (Fsp3) is 0.353. The van der Waals surface area contributed by atoms with Crippen LogP contribution in [0.4, 0.5) is 5.95 Å². The maximum Gasteiger partial charge on any atom is 0.263 e.